The molecule has 6 aliphatic heterocycles. The first kappa shape index (κ1) is 81.0. The summed E-state index contributed by atoms with van der Waals surface area (Å²) in [4.78, 5) is 67.7. The van der Waals surface area contributed by atoms with Gasteiger partial charge in [-0.2, -0.15) is 0 Å². The maximum absolute atomic E-state index is 11.4. The zero-order valence-corrected chi connectivity index (χ0v) is 65.7. The fraction of sp³-hybridized carbons (Fsp3) is 0.316. The molecule has 12 nitrogen and oxygen atoms in total. The fourth-order valence-corrected chi connectivity index (χ4v) is 19.4. The number of rotatable bonds is 12. The van der Waals surface area contributed by atoms with Gasteiger partial charge in [-0.05, 0) is 154 Å². The van der Waals surface area contributed by atoms with E-state index in [1.165, 1.54) is 63.8 Å². The van der Waals surface area contributed by atoms with Crippen LogP contribution in [0.25, 0.3) is 0 Å². The molecule has 0 spiro atoms. The van der Waals surface area contributed by atoms with Crippen LogP contribution in [-0.4, -0.2) is 99.9 Å². The molecule has 0 aliphatic carbocycles. The largest absolute Gasteiger partial charge is 0.510 e. The maximum atomic E-state index is 11.4. The third kappa shape index (κ3) is 21.2. The molecule has 0 aromatic heterocycles. The van der Waals surface area contributed by atoms with Gasteiger partial charge >= 0.3 is 0 Å². The molecule has 0 saturated heterocycles. The fourth-order valence-electron chi connectivity index (χ4n) is 10.9. The average molecular weight is 1570 g/mol. The molecule has 6 N–H and O–H groups in total. The van der Waals surface area contributed by atoms with Crippen molar-refractivity contribution in [3.05, 3.63) is 278 Å². The van der Waals surface area contributed by atoms with Crippen molar-refractivity contribution in [2.45, 2.75) is 120 Å². The highest BCUT2D eigenvalue weighted by atomic mass is 79.9. The number of hydrogen-bond acceptors (Lipinski definition) is 18. The molecule has 12 rings (SSSR count). The lowest BCUT2D eigenvalue weighted by atomic mass is 9.86. The Hall–Kier alpha value is -6.26. The van der Waals surface area contributed by atoms with Gasteiger partial charge in [0.05, 0.1) is 31.5 Å². The minimum atomic E-state index is -0.155. The number of aliphatic hydroxyl groups excluding tert-OH is 6. The van der Waals surface area contributed by atoms with E-state index in [9.17, 15) is 59.4 Å². The average Bonchev–Trinajstić information content (AvgIpc) is 1.69. The Morgan fingerprint density at radius 3 is 0.900 bits per heavy atom. The van der Waals surface area contributed by atoms with E-state index in [4.69, 9.17) is 23.2 Å². The number of Topliss-reactive ketones (excluding diaryl/α,β-unsaturated/α-hetero) is 6. The highest BCUT2D eigenvalue weighted by Crippen LogP contribution is 2.49. The molecule has 6 aromatic carbocycles. The molecule has 6 heterocycles. The number of halogens is 3. The normalized spacial score (nSPS) is 20.1. The summed E-state index contributed by atoms with van der Waals surface area (Å²) in [5, 5.41) is 60.8. The van der Waals surface area contributed by atoms with Crippen molar-refractivity contribution in [1.29, 1.82) is 0 Å². The van der Waals surface area contributed by atoms with Crippen LogP contribution in [0, 0.1) is 20.8 Å². The molecule has 100 heavy (non-hydrogen) atoms. The molecule has 0 bridgehead atoms. The van der Waals surface area contributed by atoms with Crippen molar-refractivity contribution in [3.63, 3.8) is 0 Å². The smallest absolute Gasteiger partial charge is 0.160 e. The summed E-state index contributed by atoms with van der Waals surface area (Å²) in [6.45, 7) is 21.7. The molecular formula is C79H83BrCl2O12S6. The summed E-state index contributed by atoms with van der Waals surface area (Å²) in [5.74, 6) is 4.65. The first-order valence-electron chi connectivity index (χ1n) is 32.0. The Morgan fingerprint density at radius 1 is 0.350 bits per heavy atom. The summed E-state index contributed by atoms with van der Waals surface area (Å²) in [6.07, 6.45) is 0. The standard InChI is InChI=1S/C16H20O2S.C14H16O2S.C13H14O2S.C12H11BrO2S.2C12H11ClO2S/c1-10(17)13-9-19-15(14(13)18)11-5-7-12(8-6-11)16(2,3)4;1-8-4-5-11(6-9(8)2)14-13(16)12(7-17-14)10(3)15;1-8-3-5-10(6-4-8)13-12(15)11(7-16-13)9(2)14;2*1-7(14)10-6-16-12(11(10)15)8-2-4-9(13)5-3-8;1-7(14)10-6-16-12(11(10)15)8-3-2-4-9(13)5-8/h5-8,15,18H,9H2,1-4H3;4-6,14,16H,7H2,1-3H3;3-6,13,15H,7H2,1-2H3;3*2-5,12,15H,6H2,1H3. The van der Waals surface area contributed by atoms with Crippen LogP contribution in [0.3, 0.4) is 0 Å². The predicted octanol–water partition coefficient (Wildman–Crippen LogP) is 21.5. The van der Waals surface area contributed by atoms with E-state index in [2.05, 4.69) is 86.9 Å². The van der Waals surface area contributed by atoms with Gasteiger partial charge in [0, 0.05) is 82.5 Å². The van der Waals surface area contributed by atoms with Gasteiger partial charge in [0.2, 0.25) is 0 Å². The van der Waals surface area contributed by atoms with E-state index in [1.54, 1.807) is 88.8 Å². The minimum absolute atomic E-state index is 0.0265. The van der Waals surface area contributed by atoms with Crippen molar-refractivity contribution in [2.75, 3.05) is 34.5 Å². The number of aliphatic hydroxyl groups is 6. The first-order valence-corrected chi connectivity index (χ1v) is 39.8. The van der Waals surface area contributed by atoms with Crippen molar-refractivity contribution >= 4 is 144 Å². The van der Waals surface area contributed by atoms with Crippen LogP contribution in [0.2, 0.25) is 10.0 Å². The summed E-state index contributed by atoms with van der Waals surface area (Å²) in [5.41, 5.74) is 14.5. The molecule has 6 unspecified atom stereocenters. The Bertz CT molecular complexity index is 4040. The lowest BCUT2D eigenvalue weighted by Crippen LogP contribution is -2.11. The van der Waals surface area contributed by atoms with E-state index in [-0.39, 0.29) is 106 Å². The first-order chi connectivity index (χ1) is 47.2. The summed E-state index contributed by atoms with van der Waals surface area (Å²) < 4.78 is 1.01. The van der Waals surface area contributed by atoms with Crippen LogP contribution in [0.5, 0.6) is 0 Å². The number of aryl methyl sites for hydroxylation is 3. The Balaban J connectivity index is 0.000000169. The van der Waals surface area contributed by atoms with E-state index in [1.807, 2.05) is 91.9 Å². The van der Waals surface area contributed by atoms with Gasteiger partial charge in [-0.3, -0.25) is 28.8 Å². The molecule has 21 heteroatoms. The number of carbonyl (C=O) groups is 6. The van der Waals surface area contributed by atoms with Crippen LogP contribution in [0.4, 0.5) is 0 Å². The zero-order chi connectivity index (χ0) is 73.6. The highest BCUT2D eigenvalue weighted by Gasteiger charge is 2.35. The Morgan fingerprint density at radius 2 is 0.620 bits per heavy atom. The van der Waals surface area contributed by atoms with Gasteiger partial charge in [-0.1, -0.05) is 169 Å². The second kappa shape index (κ2) is 36.7. The second-order valence-electron chi connectivity index (χ2n) is 25.5. The number of benzene rings is 6. The predicted molar refractivity (Wildman–Crippen MR) is 422 cm³/mol. The third-order valence-corrected chi connectivity index (χ3v) is 25.8. The Labute approximate surface area is 630 Å². The molecule has 6 atom stereocenters. The molecule has 6 aromatic rings. The topological polar surface area (TPSA) is 224 Å². The van der Waals surface area contributed by atoms with Gasteiger partial charge in [0.15, 0.2) is 34.7 Å². The monoisotopic (exact) mass is 1560 g/mol. The number of carbonyl (C=O) groups excluding carboxylic acids is 6. The van der Waals surface area contributed by atoms with Crippen LogP contribution in [0.15, 0.2) is 212 Å². The van der Waals surface area contributed by atoms with Gasteiger partial charge in [0.1, 0.15) is 34.6 Å². The van der Waals surface area contributed by atoms with Gasteiger partial charge in [0.25, 0.3) is 0 Å². The van der Waals surface area contributed by atoms with Crippen molar-refractivity contribution in [2.24, 2.45) is 0 Å². The van der Waals surface area contributed by atoms with Crippen LogP contribution in [-0.2, 0) is 34.2 Å². The quantitative estimate of drug-likeness (QED) is 0.0670. The van der Waals surface area contributed by atoms with Gasteiger partial charge in [-0.25, -0.2) is 0 Å². The minimum Gasteiger partial charge on any atom is -0.510 e. The molecule has 0 saturated carbocycles. The molecule has 528 valence electrons. The van der Waals surface area contributed by atoms with Gasteiger partial charge in [-0.15, -0.1) is 70.6 Å². The summed E-state index contributed by atoms with van der Waals surface area (Å²) in [7, 11) is 0. The van der Waals surface area contributed by atoms with Crippen molar-refractivity contribution in [1.82, 2.24) is 0 Å². The summed E-state index contributed by atoms with van der Waals surface area (Å²) >= 11 is 24.6. The second-order valence-corrected chi connectivity index (χ2v) is 33.8. The Kier molecular flexibility index (Phi) is 29.8. The van der Waals surface area contributed by atoms with E-state index in [0.717, 1.165) is 37.9 Å². The van der Waals surface area contributed by atoms with Crippen molar-refractivity contribution < 1.29 is 59.4 Å². The SMILES string of the molecule is CC(=O)C1=C(O)C(c2ccc(Br)cc2)SC1.CC(=O)C1=C(O)C(c2ccc(C(C)(C)C)cc2)SC1.CC(=O)C1=C(O)C(c2ccc(C)c(C)c2)SC1.CC(=O)C1=C(O)C(c2ccc(C)cc2)SC1.CC(=O)C1=C(O)C(c2ccc(Cl)cc2)SC1.CC(=O)C1=C(O)C(c2cccc(Cl)c2)SC1. The van der Waals surface area contributed by atoms with Gasteiger partial charge < -0.3 is 30.6 Å². The van der Waals surface area contributed by atoms with Crippen LogP contribution < -0.4 is 0 Å². The highest BCUT2D eigenvalue weighted by molar-refractivity contribution is 9.10. The number of ketones is 6. The van der Waals surface area contributed by atoms with E-state index < -0.39 is 0 Å². The van der Waals surface area contributed by atoms with E-state index >= 15 is 0 Å². The molecule has 0 fully saturated rings. The lowest BCUT2D eigenvalue weighted by molar-refractivity contribution is -0.114. The molecular weight excluding hydrogens is 1480 g/mol. The van der Waals surface area contributed by atoms with E-state index in [0.29, 0.717) is 78.0 Å². The molecule has 6 aliphatic rings. The van der Waals surface area contributed by atoms with Crippen LogP contribution >= 0.6 is 110 Å². The maximum Gasteiger partial charge on any atom is 0.160 e. The molecule has 0 radical (unpaired) electrons. The molecule has 0 amide bonds. The number of hydrogen-bond donors (Lipinski definition) is 6. The van der Waals surface area contributed by atoms with Crippen LogP contribution in [0.1, 0.15) is 149 Å². The number of thioether (sulfide) groups is 6. The summed E-state index contributed by atoms with van der Waals surface area (Å²) in [6, 6.07) is 45.0. The zero-order valence-electron chi connectivity index (χ0n) is 57.7. The third-order valence-electron chi connectivity index (χ3n) is 17.1. The van der Waals surface area contributed by atoms with Crippen molar-refractivity contribution in [3.8, 4) is 0 Å². The lowest BCUT2D eigenvalue weighted by Gasteiger charge is -2.20.